The molecule has 0 radical (unpaired) electrons. The van der Waals surface area contributed by atoms with Crippen molar-refractivity contribution in [1.82, 2.24) is 0 Å². The van der Waals surface area contributed by atoms with E-state index >= 15 is 0 Å². The third-order valence-electron chi connectivity index (χ3n) is 3.64. The Labute approximate surface area is 92.4 Å². The van der Waals surface area contributed by atoms with E-state index in [0.717, 1.165) is 0 Å². The van der Waals surface area contributed by atoms with E-state index in [-0.39, 0.29) is 23.4 Å². The van der Waals surface area contributed by atoms with Crippen molar-refractivity contribution < 1.29 is 9.53 Å². The standard InChI is InChI=1S/C13H22O2/c1-13(2,3)12(14)11-10(15-11)9-7-5-4-6-8-9/h9-11H,4-8H2,1-3H3/t10-,11-/m1/s1. The van der Waals surface area contributed by atoms with Crippen molar-refractivity contribution in [2.75, 3.05) is 0 Å². The van der Waals surface area contributed by atoms with Gasteiger partial charge in [-0.2, -0.15) is 0 Å². The molecule has 86 valence electrons. The maximum Gasteiger partial charge on any atom is 0.169 e. The molecule has 0 spiro atoms. The number of Topliss-reactive ketones (excluding diaryl/α,β-unsaturated/α-hetero) is 1. The zero-order valence-corrected chi connectivity index (χ0v) is 10.1. The first-order valence-corrected chi connectivity index (χ1v) is 6.20. The zero-order valence-electron chi connectivity index (χ0n) is 10.1. The van der Waals surface area contributed by atoms with E-state index in [4.69, 9.17) is 4.74 Å². The molecule has 0 aromatic carbocycles. The molecule has 0 aromatic rings. The van der Waals surface area contributed by atoms with Crippen LogP contribution in [0.3, 0.4) is 0 Å². The molecule has 15 heavy (non-hydrogen) atoms. The van der Waals surface area contributed by atoms with Crippen LogP contribution >= 0.6 is 0 Å². The Morgan fingerprint density at radius 3 is 2.27 bits per heavy atom. The normalized spacial score (nSPS) is 32.7. The van der Waals surface area contributed by atoms with Crippen molar-refractivity contribution in [2.45, 2.75) is 65.1 Å². The van der Waals surface area contributed by atoms with Crippen molar-refractivity contribution in [3.05, 3.63) is 0 Å². The molecule has 1 heterocycles. The summed E-state index contributed by atoms with van der Waals surface area (Å²) in [4.78, 5) is 12.0. The predicted octanol–water partition coefficient (Wildman–Crippen LogP) is 2.95. The number of carbonyl (C=O) groups is 1. The van der Waals surface area contributed by atoms with E-state index in [1.54, 1.807) is 0 Å². The van der Waals surface area contributed by atoms with Crippen LogP contribution in [0.1, 0.15) is 52.9 Å². The third kappa shape index (κ3) is 2.41. The van der Waals surface area contributed by atoms with Gasteiger partial charge in [-0.05, 0) is 18.8 Å². The van der Waals surface area contributed by atoms with Crippen LogP contribution in [0.15, 0.2) is 0 Å². The lowest BCUT2D eigenvalue weighted by molar-refractivity contribution is -0.127. The maximum atomic E-state index is 12.0. The molecule has 2 fully saturated rings. The second-order valence-corrected chi connectivity index (χ2v) is 6.03. The van der Waals surface area contributed by atoms with Crippen molar-refractivity contribution in [1.29, 1.82) is 0 Å². The largest absolute Gasteiger partial charge is 0.361 e. The molecule has 1 saturated carbocycles. The second-order valence-electron chi connectivity index (χ2n) is 6.03. The summed E-state index contributed by atoms with van der Waals surface area (Å²) in [5.74, 6) is 0.952. The summed E-state index contributed by atoms with van der Waals surface area (Å²) in [5.41, 5.74) is -0.242. The minimum absolute atomic E-state index is 0.0758. The number of hydrogen-bond acceptors (Lipinski definition) is 2. The second kappa shape index (κ2) is 3.89. The minimum atomic E-state index is -0.242. The summed E-state index contributed by atoms with van der Waals surface area (Å²) in [7, 11) is 0. The molecule has 2 heteroatoms. The van der Waals surface area contributed by atoms with Gasteiger partial charge in [0.1, 0.15) is 6.10 Å². The van der Waals surface area contributed by atoms with Crippen LogP contribution in [0.25, 0.3) is 0 Å². The number of ether oxygens (including phenoxy) is 1. The van der Waals surface area contributed by atoms with Gasteiger partial charge in [0.2, 0.25) is 0 Å². The molecular weight excluding hydrogens is 188 g/mol. The SMILES string of the molecule is CC(C)(C)C(=O)[C@@H]1O[C@@H]1C1CCCCC1. The summed E-state index contributed by atoms with van der Waals surface area (Å²) in [6, 6.07) is 0. The summed E-state index contributed by atoms with van der Waals surface area (Å²) in [6.07, 6.45) is 6.71. The Kier molecular flexibility index (Phi) is 2.89. The molecule has 1 saturated heterocycles. The molecule has 1 aliphatic heterocycles. The molecule has 0 amide bonds. The highest BCUT2D eigenvalue weighted by Gasteiger charge is 2.51. The molecule has 0 aromatic heterocycles. The molecular formula is C13H22O2. The third-order valence-corrected chi connectivity index (χ3v) is 3.64. The van der Waals surface area contributed by atoms with E-state index in [9.17, 15) is 4.79 Å². The van der Waals surface area contributed by atoms with Crippen LogP contribution in [0.2, 0.25) is 0 Å². The molecule has 2 aliphatic rings. The van der Waals surface area contributed by atoms with E-state index in [0.29, 0.717) is 5.92 Å². The predicted molar refractivity (Wildman–Crippen MR) is 59.7 cm³/mol. The van der Waals surface area contributed by atoms with Gasteiger partial charge in [0, 0.05) is 5.41 Å². The molecule has 0 N–H and O–H groups in total. The van der Waals surface area contributed by atoms with E-state index in [1.165, 1.54) is 32.1 Å². The lowest BCUT2D eigenvalue weighted by Crippen LogP contribution is -2.28. The lowest BCUT2D eigenvalue weighted by Gasteiger charge is -2.20. The number of rotatable bonds is 2. The van der Waals surface area contributed by atoms with Crippen molar-refractivity contribution in [3.8, 4) is 0 Å². The molecule has 2 rings (SSSR count). The topological polar surface area (TPSA) is 29.6 Å². The fourth-order valence-corrected chi connectivity index (χ4v) is 2.58. The number of hydrogen-bond donors (Lipinski definition) is 0. The Hall–Kier alpha value is -0.370. The van der Waals surface area contributed by atoms with Crippen molar-refractivity contribution in [2.24, 2.45) is 11.3 Å². The van der Waals surface area contributed by atoms with Gasteiger partial charge < -0.3 is 4.74 Å². The van der Waals surface area contributed by atoms with Crippen LogP contribution < -0.4 is 0 Å². The molecule has 0 unspecified atom stereocenters. The van der Waals surface area contributed by atoms with Gasteiger partial charge in [-0.15, -0.1) is 0 Å². The van der Waals surface area contributed by atoms with Gasteiger partial charge in [-0.1, -0.05) is 40.0 Å². The summed E-state index contributed by atoms with van der Waals surface area (Å²) in [5, 5.41) is 0. The van der Waals surface area contributed by atoms with Crippen LogP contribution in [-0.2, 0) is 9.53 Å². The highest BCUT2D eigenvalue weighted by Crippen LogP contribution is 2.41. The lowest BCUT2D eigenvalue weighted by atomic mass is 9.82. The zero-order chi connectivity index (χ0) is 11.1. The maximum absolute atomic E-state index is 12.0. The minimum Gasteiger partial charge on any atom is -0.361 e. The summed E-state index contributed by atoms with van der Waals surface area (Å²) >= 11 is 0. The van der Waals surface area contributed by atoms with Crippen LogP contribution in [0.5, 0.6) is 0 Å². The van der Waals surface area contributed by atoms with Crippen molar-refractivity contribution >= 4 is 5.78 Å². The van der Waals surface area contributed by atoms with Crippen LogP contribution in [0.4, 0.5) is 0 Å². The molecule has 2 nitrogen and oxygen atoms in total. The highest BCUT2D eigenvalue weighted by atomic mass is 16.6. The number of ketones is 1. The Balaban J connectivity index is 1.87. The fraction of sp³-hybridized carbons (Fsp3) is 0.923. The summed E-state index contributed by atoms with van der Waals surface area (Å²) < 4.78 is 5.60. The molecule has 1 aliphatic carbocycles. The average molecular weight is 210 g/mol. The average Bonchev–Trinajstić information content (AvgIpc) is 2.96. The first-order chi connectivity index (χ1) is 7.00. The van der Waals surface area contributed by atoms with E-state index in [2.05, 4.69) is 0 Å². The monoisotopic (exact) mass is 210 g/mol. The Morgan fingerprint density at radius 1 is 1.13 bits per heavy atom. The molecule has 2 atom stereocenters. The van der Waals surface area contributed by atoms with Gasteiger partial charge in [0.15, 0.2) is 5.78 Å². The van der Waals surface area contributed by atoms with Gasteiger partial charge in [-0.3, -0.25) is 4.79 Å². The Bertz CT molecular complexity index is 246. The van der Waals surface area contributed by atoms with Gasteiger partial charge in [0.25, 0.3) is 0 Å². The summed E-state index contributed by atoms with van der Waals surface area (Å²) in [6.45, 7) is 5.94. The fourth-order valence-electron chi connectivity index (χ4n) is 2.58. The Morgan fingerprint density at radius 2 is 1.73 bits per heavy atom. The molecule has 0 bridgehead atoms. The first kappa shape index (κ1) is 11.1. The smallest absolute Gasteiger partial charge is 0.169 e. The quantitative estimate of drug-likeness (QED) is 0.656. The van der Waals surface area contributed by atoms with Crippen molar-refractivity contribution in [3.63, 3.8) is 0 Å². The van der Waals surface area contributed by atoms with Gasteiger partial charge >= 0.3 is 0 Å². The van der Waals surface area contributed by atoms with E-state index in [1.807, 2.05) is 20.8 Å². The first-order valence-electron chi connectivity index (χ1n) is 6.20. The van der Waals surface area contributed by atoms with Crippen LogP contribution in [-0.4, -0.2) is 18.0 Å². The number of carbonyl (C=O) groups excluding carboxylic acids is 1. The van der Waals surface area contributed by atoms with Gasteiger partial charge in [0.05, 0.1) is 6.10 Å². The number of epoxide rings is 1. The highest BCUT2D eigenvalue weighted by molar-refractivity contribution is 5.90. The van der Waals surface area contributed by atoms with Gasteiger partial charge in [-0.25, -0.2) is 0 Å². The van der Waals surface area contributed by atoms with Crippen LogP contribution in [0, 0.1) is 11.3 Å². The van der Waals surface area contributed by atoms with E-state index < -0.39 is 0 Å².